The molecular weight excluding hydrogens is 512 g/mol. The highest BCUT2D eigenvalue weighted by Crippen LogP contribution is 2.35. The zero-order valence-electron chi connectivity index (χ0n) is 20.4. The first-order valence-corrected chi connectivity index (χ1v) is 11.7. The third-order valence-electron chi connectivity index (χ3n) is 6.60. The second-order valence-corrected chi connectivity index (χ2v) is 9.00. The van der Waals surface area contributed by atoms with Gasteiger partial charge in [-0.15, -0.1) is 10.2 Å². The van der Waals surface area contributed by atoms with Gasteiger partial charge in [0.25, 0.3) is 12.3 Å². The molecule has 1 amide bonds. The van der Waals surface area contributed by atoms with E-state index in [1.54, 1.807) is 30.5 Å². The van der Waals surface area contributed by atoms with Crippen molar-refractivity contribution in [2.45, 2.75) is 37.8 Å². The number of nitrogens with one attached hydrogen (secondary N) is 1. The standard InChI is InChI=1S/C23H24F4N8O3/c1-12(20(24)25)35-16-9-13(3-4-15(16)30-32-35)14-5-8-34-19(14)21(38-2)29-22(31-34)28-17-6-7-33(18(37)10-36)11-23(17,26)27/h3-5,8-9,12,17,20,36H,6-7,10-11H2,1-2H3,(H,28,31)/t12-,17-/m1/s1. The summed E-state index contributed by atoms with van der Waals surface area (Å²) in [6.07, 6.45) is -1.12. The van der Waals surface area contributed by atoms with Gasteiger partial charge in [-0.05, 0) is 37.1 Å². The number of aliphatic hydroxyl groups is 1. The molecule has 15 heteroatoms. The zero-order valence-corrected chi connectivity index (χ0v) is 20.4. The van der Waals surface area contributed by atoms with Gasteiger partial charge in [0.05, 0.1) is 25.2 Å². The Labute approximate surface area is 213 Å². The van der Waals surface area contributed by atoms with Crippen LogP contribution in [0.2, 0.25) is 0 Å². The number of likely N-dealkylation sites (tertiary alicyclic amines) is 1. The monoisotopic (exact) mass is 536 g/mol. The number of methoxy groups -OCH3 is 1. The molecule has 5 rings (SSSR count). The van der Waals surface area contributed by atoms with Crippen LogP contribution in [-0.4, -0.2) is 90.7 Å². The Balaban J connectivity index is 1.47. The van der Waals surface area contributed by atoms with E-state index in [4.69, 9.17) is 9.84 Å². The minimum absolute atomic E-state index is 0.0395. The number of ether oxygens (including phenoxy) is 1. The summed E-state index contributed by atoms with van der Waals surface area (Å²) in [7, 11) is 1.38. The number of aliphatic hydroxyl groups excluding tert-OH is 1. The Morgan fingerprint density at radius 1 is 1.32 bits per heavy atom. The van der Waals surface area contributed by atoms with Crippen LogP contribution in [0.15, 0.2) is 30.5 Å². The lowest BCUT2D eigenvalue weighted by Crippen LogP contribution is -2.56. The van der Waals surface area contributed by atoms with Gasteiger partial charge in [-0.1, -0.05) is 11.3 Å². The van der Waals surface area contributed by atoms with Gasteiger partial charge in [0.1, 0.15) is 23.7 Å². The summed E-state index contributed by atoms with van der Waals surface area (Å²) in [5.41, 5.74) is 2.57. The Morgan fingerprint density at radius 2 is 2.11 bits per heavy atom. The van der Waals surface area contributed by atoms with E-state index in [1.807, 2.05) is 0 Å². The van der Waals surface area contributed by atoms with Crippen LogP contribution in [0.5, 0.6) is 5.88 Å². The van der Waals surface area contributed by atoms with Crippen molar-refractivity contribution < 1.29 is 32.2 Å². The number of benzene rings is 1. The zero-order chi connectivity index (χ0) is 27.2. The second kappa shape index (κ2) is 9.70. The van der Waals surface area contributed by atoms with Crippen molar-refractivity contribution in [3.05, 3.63) is 30.5 Å². The smallest absolute Gasteiger partial charge is 0.285 e. The van der Waals surface area contributed by atoms with E-state index in [2.05, 4.69) is 25.7 Å². The number of hydrogen-bond donors (Lipinski definition) is 2. The highest BCUT2D eigenvalue weighted by Gasteiger charge is 2.46. The number of carbonyl (C=O) groups excluding carboxylic acids is 1. The van der Waals surface area contributed by atoms with E-state index in [-0.39, 0.29) is 24.8 Å². The molecule has 4 heterocycles. The molecule has 38 heavy (non-hydrogen) atoms. The highest BCUT2D eigenvalue weighted by molar-refractivity contribution is 5.89. The number of fused-ring (bicyclic) bond motifs is 2. The van der Waals surface area contributed by atoms with Crippen molar-refractivity contribution in [2.24, 2.45) is 0 Å². The summed E-state index contributed by atoms with van der Waals surface area (Å²) in [6, 6.07) is 4.27. The van der Waals surface area contributed by atoms with Crippen molar-refractivity contribution in [3.63, 3.8) is 0 Å². The number of halogens is 4. The van der Waals surface area contributed by atoms with Crippen LogP contribution in [0.25, 0.3) is 27.7 Å². The topological polar surface area (TPSA) is 123 Å². The minimum Gasteiger partial charge on any atom is -0.479 e. The molecule has 0 unspecified atom stereocenters. The van der Waals surface area contributed by atoms with Crippen molar-refractivity contribution >= 4 is 28.4 Å². The fourth-order valence-electron chi connectivity index (χ4n) is 4.53. The Hall–Kier alpha value is -4.01. The SMILES string of the molecule is COc1nc(N[C@@H]2CCN(C(=O)CO)CC2(F)F)nn2ccc(-c3ccc4nnn([C@H](C)C(F)F)c4c3)c12. The Morgan fingerprint density at radius 3 is 2.79 bits per heavy atom. The number of rotatable bonds is 7. The van der Waals surface area contributed by atoms with Crippen molar-refractivity contribution in [1.29, 1.82) is 0 Å². The number of nitrogens with zero attached hydrogens (tertiary/aromatic N) is 7. The van der Waals surface area contributed by atoms with E-state index in [0.717, 1.165) is 9.58 Å². The molecule has 1 aromatic carbocycles. The van der Waals surface area contributed by atoms with Gasteiger partial charge in [-0.25, -0.2) is 26.8 Å². The predicted molar refractivity (Wildman–Crippen MR) is 127 cm³/mol. The highest BCUT2D eigenvalue weighted by atomic mass is 19.3. The molecule has 2 N–H and O–H groups in total. The van der Waals surface area contributed by atoms with Gasteiger partial charge < -0.3 is 20.1 Å². The molecule has 0 saturated carbocycles. The van der Waals surface area contributed by atoms with Crippen molar-refractivity contribution in [2.75, 3.05) is 32.1 Å². The quantitative estimate of drug-likeness (QED) is 0.346. The molecule has 1 saturated heterocycles. The van der Waals surface area contributed by atoms with Crippen LogP contribution in [0.4, 0.5) is 23.5 Å². The summed E-state index contributed by atoms with van der Waals surface area (Å²) in [5.74, 6) is -4.06. The summed E-state index contributed by atoms with van der Waals surface area (Å²) in [4.78, 5) is 16.8. The molecular formula is C23H24F4N8O3. The van der Waals surface area contributed by atoms with Crippen LogP contribution in [0.3, 0.4) is 0 Å². The van der Waals surface area contributed by atoms with Crippen LogP contribution >= 0.6 is 0 Å². The maximum atomic E-state index is 14.8. The summed E-state index contributed by atoms with van der Waals surface area (Å²) in [6.45, 7) is -0.284. The second-order valence-electron chi connectivity index (χ2n) is 9.00. The largest absolute Gasteiger partial charge is 0.479 e. The molecule has 3 aromatic heterocycles. The number of aromatic nitrogens is 6. The summed E-state index contributed by atoms with van der Waals surface area (Å²) >= 11 is 0. The number of amides is 1. The molecule has 2 atom stereocenters. The van der Waals surface area contributed by atoms with Crippen LogP contribution in [-0.2, 0) is 4.79 Å². The van der Waals surface area contributed by atoms with Crippen molar-refractivity contribution in [1.82, 2.24) is 34.5 Å². The lowest BCUT2D eigenvalue weighted by molar-refractivity contribution is -0.145. The van der Waals surface area contributed by atoms with Gasteiger partial charge in [-0.2, -0.15) is 4.98 Å². The first-order chi connectivity index (χ1) is 18.1. The number of carbonyl (C=O) groups is 1. The summed E-state index contributed by atoms with van der Waals surface area (Å²) in [5, 5.41) is 23.8. The normalized spacial score (nSPS) is 18.3. The molecule has 4 aromatic rings. The number of piperidine rings is 1. The number of alkyl halides is 4. The van der Waals surface area contributed by atoms with E-state index in [0.29, 0.717) is 27.7 Å². The third-order valence-corrected chi connectivity index (χ3v) is 6.60. The van der Waals surface area contributed by atoms with Gasteiger partial charge in [0.15, 0.2) is 0 Å². The van der Waals surface area contributed by atoms with Crippen LogP contribution in [0.1, 0.15) is 19.4 Å². The van der Waals surface area contributed by atoms with E-state index >= 15 is 0 Å². The van der Waals surface area contributed by atoms with Crippen LogP contribution < -0.4 is 10.1 Å². The molecule has 0 radical (unpaired) electrons. The van der Waals surface area contributed by atoms with Gasteiger partial charge in [-0.3, -0.25) is 4.79 Å². The fraction of sp³-hybridized carbons (Fsp3) is 0.435. The van der Waals surface area contributed by atoms with Gasteiger partial charge in [0.2, 0.25) is 17.7 Å². The summed E-state index contributed by atoms with van der Waals surface area (Å²) < 4.78 is 64.2. The molecule has 0 spiro atoms. The first kappa shape index (κ1) is 25.6. The Bertz CT molecular complexity index is 1490. The lowest BCUT2D eigenvalue weighted by atomic mass is 10.0. The molecule has 202 valence electrons. The minimum atomic E-state index is -3.29. The number of anilines is 1. The molecule has 0 bridgehead atoms. The van der Waals surface area contributed by atoms with Crippen LogP contribution in [0, 0.1) is 0 Å². The molecule has 0 aliphatic carbocycles. The third kappa shape index (κ3) is 4.46. The van der Waals surface area contributed by atoms with E-state index < -0.39 is 43.5 Å². The Kier molecular flexibility index (Phi) is 6.54. The molecule has 1 aliphatic rings. The van der Waals surface area contributed by atoms with E-state index in [9.17, 15) is 22.4 Å². The van der Waals surface area contributed by atoms with Gasteiger partial charge in [0, 0.05) is 18.3 Å². The lowest BCUT2D eigenvalue weighted by Gasteiger charge is -2.38. The van der Waals surface area contributed by atoms with Gasteiger partial charge >= 0.3 is 0 Å². The maximum absolute atomic E-state index is 14.8. The van der Waals surface area contributed by atoms with E-state index in [1.165, 1.54) is 18.5 Å². The molecule has 1 fully saturated rings. The fourth-order valence-corrected chi connectivity index (χ4v) is 4.53. The average Bonchev–Trinajstić information content (AvgIpc) is 3.52. The molecule has 1 aliphatic heterocycles. The first-order valence-electron chi connectivity index (χ1n) is 11.7. The average molecular weight is 536 g/mol. The number of hydrogen-bond acceptors (Lipinski definition) is 8. The maximum Gasteiger partial charge on any atom is 0.285 e. The molecule has 11 nitrogen and oxygen atoms in total. The predicted octanol–water partition coefficient (Wildman–Crippen LogP) is 2.62. The van der Waals surface area contributed by atoms with Crippen molar-refractivity contribution in [3.8, 4) is 17.0 Å².